The summed E-state index contributed by atoms with van der Waals surface area (Å²) in [6.07, 6.45) is 0.721. The van der Waals surface area contributed by atoms with Gasteiger partial charge in [-0.05, 0) is 31.0 Å². The maximum absolute atomic E-state index is 11.9. The number of hydrogen-bond acceptors (Lipinski definition) is 3. The fourth-order valence-corrected chi connectivity index (χ4v) is 2.42. The summed E-state index contributed by atoms with van der Waals surface area (Å²) in [5.74, 6) is -0.0801. The van der Waals surface area contributed by atoms with Crippen LogP contribution in [0.5, 0.6) is 0 Å². The Balaban J connectivity index is 1.87. The zero-order valence-electron chi connectivity index (χ0n) is 11.2. The van der Waals surface area contributed by atoms with Crippen LogP contribution in [0, 0.1) is 6.92 Å². The van der Waals surface area contributed by atoms with E-state index in [2.05, 4.69) is 5.32 Å². The number of aliphatic hydroxyl groups is 1. The Bertz CT molecular complexity index is 484. The molecule has 0 aliphatic carbocycles. The van der Waals surface area contributed by atoms with Crippen molar-refractivity contribution in [2.45, 2.75) is 25.9 Å². The summed E-state index contributed by atoms with van der Waals surface area (Å²) in [4.78, 5) is 13.8. The van der Waals surface area contributed by atoms with Gasteiger partial charge in [0.15, 0.2) is 0 Å². The van der Waals surface area contributed by atoms with E-state index in [9.17, 15) is 9.90 Å². The van der Waals surface area contributed by atoms with E-state index in [0.29, 0.717) is 24.7 Å². The number of halogens is 1. The van der Waals surface area contributed by atoms with Crippen LogP contribution in [0.15, 0.2) is 18.2 Å². The third kappa shape index (κ3) is 3.47. The molecule has 2 rings (SSSR count). The molecule has 0 spiro atoms. The third-order valence-corrected chi connectivity index (χ3v) is 3.77. The first kappa shape index (κ1) is 14.3. The molecule has 1 aliphatic rings. The maximum Gasteiger partial charge on any atom is 0.238 e. The smallest absolute Gasteiger partial charge is 0.238 e. The second-order valence-corrected chi connectivity index (χ2v) is 5.67. The topological polar surface area (TPSA) is 52.6 Å². The van der Waals surface area contributed by atoms with Crippen LogP contribution in [0.25, 0.3) is 0 Å². The molecule has 1 aromatic rings. The minimum absolute atomic E-state index is 0.0801. The molecule has 0 saturated carbocycles. The van der Waals surface area contributed by atoms with Gasteiger partial charge in [0.05, 0.1) is 12.1 Å². The van der Waals surface area contributed by atoms with Crippen molar-refractivity contribution < 1.29 is 9.90 Å². The first-order valence-corrected chi connectivity index (χ1v) is 6.80. The van der Waals surface area contributed by atoms with Gasteiger partial charge in [-0.1, -0.05) is 24.6 Å². The Morgan fingerprint density at radius 2 is 2.21 bits per heavy atom. The second kappa shape index (κ2) is 5.49. The molecule has 1 aliphatic heterocycles. The molecule has 1 heterocycles. The van der Waals surface area contributed by atoms with Gasteiger partial charge in [-0.2, -0.15) is 0 Å². The van der Waals surface area contributed by atoms with E-state index in [-0.39, 0.29) is 5.91 Å². The number of carbonyl (C=O) groups excluding carboxylic acids is 1. The van der Waals surface area contributed by atoms with Gasteiger partial charge >= 0.3 is 0 Å². The number of nitrogens with zero attached hydrogens (tertiary/aromatic N) is 1. The van der Waals surface area contributed by atoms with Crippen molar-refractivity contribution in [2.75, 3.05) is 25.0 Å². The van der Waals surface area contributed by atoms with Crippen molar-refractivity contribution in [2.24, 2.45) is 0 Å². The van der Waals surface area contributed by atoms with E-state index in [4.69, 9.17) is 11.6 Å². The molecule has 2 N–H and O–H groups in total. The van der Waals surface area contributed by atoms with Crippen LogP contribution >= 0.6 is 11.6 Å². The van der Waals surface area contributed by atoms with Gasteiger partial charge in [0.2, 0.25) is 5.91 Å². The van der Waals surface area contributed by atoms with E-state index in [1.54, 1.807) is 12.1 Å². The highest BCUT2D eigenvalue weighted by Gasteiger charge is 2.39. The molecule has 1 aromatic carbocycles. The van der Waals surface area contributed by atoms with E-state index in [1.165, 1.54) is 0 Å². The summed E-state index contributed by atoms with van der Waals surface area (Å²) in [7, 11) is 0. The van der Waals surface area contributed by atoms with Crippen molar-refractivity contribution in [1.29, 1.82) is 0 Å². The van der Waals surface area contributed by atoms with Crippen molar-refractivity contribution in [3.8, 4) is 0 Å². The summed E-state index contributed by atoms with van der Waals surface area (Å²) in [5.41, 5.74) is 1.11. The van der Waals surface area contributed by atoms with Gasteiger partial charge in [0.1, 0.15) is 0 Å². The predicted molar refractivity (Wildman–Crippen MR) is 76.5 cm³/mol. The summed E-state index contributed by atoms with van der Waals surface area (Å²) in [6.45, 7) is 5.29. The first-order chi connectivity index (χ1) is 8.92. The Labute approximate surface area is 118 Å². The molecule has 1 amide bonds. The number of nitrogens with one attached hydrogen (secondary N) is 1. The normalized spacial score (nSPS) is 17.9. The number of benzene rings is 1. The summed E-state index contributed by atoms with van der Waals surface area (Å²) in [5, 5.41) is 13.3. The van der Waals surface area contributed by atoms with Crippen LogP contribution in [0.3, 0.4) is 0 Å². The minimum Gasteiger partial charge on any atom is -0.387 e. The average Bonchev–Trinajstić information content (AvgIpc) is 2.31. The molecule has 4 nitrogen and oxygen atoms in total. The molecule has 5 heteroatoms. The molecule has 0 atom stereocenters. The van der Waals surface area contributed by atoms with Gasteiger partial charge < -0.3 is 10.4 Å². The quantitative estimate of drug-likeness (QED) is 0.889. The zero-order valence-corrected chi connectivity index (χ0v) is 12.0. The van der Waals surface area contributed by atoms with E-state index >= 15 is 0 Å². The molecule has 19 heavy (non-hydrogen) atoms. The van der Waals surface area contributed by atoms with Gasteiger partial charge in [-0.15, -0.1) is 0 Å². The number of carbonyl (C=O) groups is 1. The second-order valence-electron chi connectivity index (χ2n) is 5.23. The number of hydrogen-bond donors (Lipinski definition) is 2. The highest BCUT2D eigenvalue weighted by molar-refractivity contribution is 6.31. The van der Waals surface area contributed by atoms with E-state index in [1.807, 2.05) is 24.8 Å². The largest absolute Gasteiger partial charge is 0.387 e. The SMILES string of the molecule is CCC1(O)CN(CC(=O)Nc2cc(Cl)ccc2C)C1. The number of aryl methyl sites for hydroxylation is 1. The molecule has 0 aromatic heterocycles. The fraction of sp³-hybridized carbons (Fsp3) is 0.500. The van der Waals surface area contributed by atoms with Gasteiger partial charge in [0.25, 0.3) is 0 Å². The van der Waals surface area contributed by atoms with Crippen molar-refractivity contribution in [3.63, 3.8) is 0 Å². The average molecular weight is 283 g/mol. The molecule has 104 valence electrons. The molecular weight excluding hydrogens is 264 g/mol. The lowest BCUT2D eigenvalue weighted by Crippen LogP contribution is -2.62. The monoisotopic (exact) mass is 282 g/mol. The molecule has 1 saturated heterocycles. The molecule has 0 radical (unpaired) electrons. The van der Waals surface area contributed by atoms with Gasteiger partial charge in [0, 0.05) is 23.8 Å². The Morgan fingerprint density at radius 1 is 1.53 bits per heavy atom. The maximum atomic E-state index is 11.9. The molecule has 0 unspecified atom stereocenters. The Kier molecular flexibility index (Phi) is 4.13. The minimum atomic E-state index is -0.605. The van der Waals surface area contributed by atoms with E-state index in [0.717, 1.165) is 17.7 Å². The zero-order chi connectivity index (χ0) is 14.0. The summed E-state index contributed by atoms with van der Waals surface area (Å²) < 4.78 is 0. The lowest BCUT2D eigenvalue weighted by molar-refractivity contribution is -0.128. The first-order valence-electron chi connectivity index (χ1n) is 6.42. The third-order valence-electron chi connectivity index (χ3n) is 3.53. The van der Waals surface area contributed by atoms with E-state index < -0.39 is 5.60 Å². The molecular formula is C14H19ClN2O2. The highest BCUT2D eigenvalue weighted by Crippen LogP contribution is 2.24. The van der Waals surface area contributed by atoms with Crippen LogP contribution in [0.2, 0.25) is 5.02 Å². The standard InChI is InChI=1S/C14H19ClN2O2/c1-3-14(19)8-17(9-14)7-13(18)16-12-6-11(15)5-4-10(12)2/h4-6,19H,3,7-9H2,1-2H3,(H,16,18). The van der Waals surface area contributed by atoms with Crippen LogP contribution in [0.4, 0.5) is 5.69 Å². The number of likely N-dealkylation sites (tertiary alicyclic amines) is 1. The number of β-amino-alcohol motifs (C(OH)–C–C–N with tert-alkyl or cyclic N) is 1. The highest BCUT2D eigenvalue weighted by atomic mass is 35.5. The molecule has 0 bridgehead atoms. The Morgan fingerprint density at radius 3 is 2.84 bits per heavy atom. The predicted octanol–water partition coefficient (Wildman–Crippen LogP) is 2.04. The van der Waals surface area contributed by atoms with Gasteiger partial charge in [-0.3, -0.25) is 9.69 Å². The number of amides is 1. The van der Waals surface area contributed by atoms with Crippen molar-refractivity contribution >= 4 is 23.2 Å². The van der Waals surface area contributed by atoms with Crippen LogP contribution in [-0.2, 0) is 4.79 Å². The molecule has 1 fully saturated rings. The lowest BCUT2D eigenvalue weighted by Gasteiger charge is -2.45. The Hall–Kier alpha value is -1.10. The summed E-state index contributed by atoms with van der Waals surface area (Å²) in [6, 6.07) is 5.41. The number of rotatable bonds is 4. The van der Waals surface area contributed by atoms with Gasteiger partial charge in [-0.25, -0.2) is 0 Å². The van der Waals surface area contributed by atoms with Crippen molar-refractivity contribution in [1.82, 2.24) is 4.90 Å². The fourth-order valence-electron chi connectivity index (χ4n) is 2.24. The summed E-state index contributed by atoms with van der Waals surface area (Å²) >= 11 is 5.91. The van der Waals surface area contributed by atoms with Crippen LogP contribution < -0.4 is 5.32 Å². The van der Waals surface area contributed by atoms with Crippen molar-refractivity contribution in [3.05, 3.63) is 28.8 Å². The number of anilines is 1. The van der Waals surface area contributed by atoms with Crippen LogP contribution in [-0.4, -0.2) is 41.1 Å². The van der Waals surface area contributed by atoms with Crippen LogP contribution in [0.1, 0.15) is 18.9 Å². The lowest BCUT2D eigenvalue weighted by atomic mass is 9.91.